The standard InChI is InChI=1S/C10H13N3S/c1-13-7-9(12-8-13)5-11-6-10-3-2-4-14-10/h2-4,7-8,11H,5-6H2,1H3. The fourth-order valence-corrected chi connectivity index (χ4v) is 1.96. The van der Waals surface area contributed by atoms with E-state index in [0.29, 0.717) is 0 Å². The van der Waals surface area contributed by atoms with Crippen molar-refractivity contribution in [3.63, 3.8) is 0 Å². The van der Waals surface area contributed by atoms with Crippen LogP contribution in [0.1, 0.15) is 10.6 Å². The van der Waals surface area contributed by atoms with E-state index in [1.54, 1.807) is 11.3 Å². The fraction of sp³-hybridized carbons (Fsp3) is 0.300. The van der Waals surface area contributed by atoms with Gasteiger partial charge in [-0.1, -0.05) is 6.07 Å². The molecule has 0 fully saturated rings. The second-order valence-corrected chi connectivity index (χ2v) is 4.25. The van der Waals surface area contributed by atoms with E-state index >= 15 is 0 Å². The van der Waals surface area contributed by atoms with E-state index < -0.39 is 0 Å². The molecule has 0 saturated heterocycles. The summed E-state index contributed by atoms with van der Waals surface area (Å²) < 4.78 is 1.96. The van der Waals surface area contributed by atoms with Gasteiger partial charge in [-0.15, -0.1) is 11.3 Å². The highest BCUT2D eigenvalue weighted by atomic mass is 32.1. The molecule has 0 radical (unpaired) electrons. The van der Waals surface area contributed by atoms with Crippen LogP contribution in [0.5, 0.6) is 0 Å². The number of rotatable bonds is 4. The molecule has 0 aromatic carbocycles. The van der Waals surface area contributed by atoms with Gasteiger partial charge in [0.2, 0.25) is 0 Å². The first-order chi connectivity index (χ1) is 6.84. The quantitative estimate of drug-likeness (QED) is 0.828. The molecule has 0 atom stereocenters. The first-order valence-electron chi connectivity index (χ1n) is 4.54. The Morgan fingerprint density at radius 3 is 3.07 bits per heavy atom. The van der Waals surface area contributed by atoms with Gasteiger partial charge in [0.15, 0.2) is 0 Å². The van der Waals surface area contributed by atoms with Crippen molar-refractivity contribution in [2.45, 2.75) is 13.1 Å². The van der Waals surface area contributed by atoms with Gasteiger partial charge in [-0.2, -0.15) is 0 Å². The molecule has 0 saturated carbocycles. The van der Waals surface area contributed by atoms with Gasteiger partial charge in [-0.3, -0.25) is 0 Å². The summed E-state index contributed by atoms with van der Waals surface area (Å²) in [4.78, 5) is 5.60. The van der Waals surface area contributed by atoms with Gasteiger partial charge in [0.1, 0.15) is 0 Å². The van der Waals surface area contributed by atoms with Crippen molar-refractivity contribution in [2.24, 2.45) is 7.05 Å². The first kappa shape index (κ1) is 9.43. The van der Waals surface area contributed by atoms with Crippen LogP contribution in [0.25, 0.3) is 0 Å². The molecule has 3 nitrogen and oxygen atoms in total. The van der Waals surface area contributed by atoms with Crippen LogP contribution in [0.4, 0.5) is 0 Å². The molecule has 0 aliphatic carbocycles. The van der Waals surface area contributed by atoms with Gasteiger partial charge in [0.25, 0.3) is 0 Å². The van der Waals surface area contributed by atoms with E-state index in [1.807, 2.05) is 24.1 Å². The highest BCUT2D eigenvalue weighted by Crippen LogP contribution is 2.07. The largest absolute Gasteiger partial charge is 0.340 e. The molecular formula is C10H13N3S. The number of aromatic nitrogens is 2. The van der Waals surface area contributed by atoms with Crippen LogP contribution in [0.2, 0.25) is 0 Å². The van der Waals surface area contributed by atoms with Crippen LogP contribution in [-0.2, 0) is 20.1 Å². The first-order valence-corrected chi connectivity index (χ1v) is 5.42. The minimum Gasteiger partial charge on any atom is -0.340 e. The van der Waals surface area contributed by atoms with Gasteiger partial charge in [-0.05, 0) is 11.4 Å². The Labute approximate surface area is 87.4 Å². The second-order valence-electron chi connectivity index (χ2n) is 3.21. The SMILES string of the molecule is Cn1cnc(CNCc2cccs2)c1. The molecule has 1 N–H and O–H groups in total. The number of imidazole rings is 1. The smallest absolute Gasteiger partial charge is 0.0947 e. The minimum atomic E-state index is 0.832. The number of aryl methyl sites for hydroxylation is 1. The lowest BCUT2D eigenvalue weighted by atomic mass is 10.4. The average Bonchev–Trinajstić information content (AvgIpc) is 2.77. The van der Waals surface area contributed by atoms with Crippen LogP contribution in [-0.4, -0.2) is 9.55 Å². The summed E-state index contributed by atoms with van der Waals surface area (Å²) >= 11 is 1.78. The Morgan fingerprint density at radius 2 is 2.43 bits per heavy atom. The topological polar surface area (TPSA) is 29.9 Å². The molecular weight excluding hydrogens is 194 g/mol. The third-order valence-corrected chi connectivity index (χ3v) is 2.82. The van der Waals surface area contributed by atoms with Gasteiger partial charge in [-0.25, -0.2) is 4.98 Å². The number of nitrogens with zero attached hydrogens (tertiary/aromatic N) is 2. The van der Waals surface area contributed by atoms with Crippen molar-refractivity contribution in [3.05, 3.63) is 40.6 Å². The predicted molar refractivity (Wildman–Crippen MR) is 58.1 cm³/mol. The maximum Gasteiger partial charge on any atom is 0.0947 e. The molecule has 2 aromatic heterocycles. The monoisotopic (exact) mass is 207 g/mol. The zero-order chi connectivity index (χ0) is 9.80. The molecule has 2 heterocycles. The van der Waals surface area contributed by atoms with Crippen molar-refractivity contribution < 1.29 is 0 Å². The Hall–Kier alpha value is -1.13. The van der Waals surface area contributed by atoms with Crippen molar-refractivity contribution >= 4 is 11.3 Å². The van der Waals surface area contributed by atoms with Crippen molar-refractivity contribution in [1.29, 1.82) is 0 Å². The molecule has 0 aliphatic heterocycles. The highest BCUT2D eigenvalue weighted by Gasteiger charge is 1.96. The molecule has 0 bridgehead atoms. The maximum atomic E-state index is 4.24. The van der Waals surface area contributed by atoms with Crippen molar-refractivity contribution in [1.82, 2.24) is 14.9 Å². The van der Waals surface area contributed by atoms with E-state index in [9.17, 15) is 0 Å². The number of hydrogen-bond acceptors (Lipinski definition) is 3. The van der Waals surface area contributed by atoms with Crippen LogP contribution >= 0.6 is 11.3 Å². The summed E-state index contributed by atoms with van der Waals surface area (Å²) in [6.07, 6.45) is 3.85. The predicted octanol–water partition coefficient (Wildman–Crippen LogP) is 1.77. The second kappa shape index (κ2) is 4.39. The fourth-order valence-electron chi connectivity index (χ4n) is 1.29. The zero-order valence-electron chi connectivity index (χ0n) is 8.10. The van der Waals surface area contributed by atoms with Gasteiger partial charge >= 0.3 is 0 Å². The van der Waals surface area contributed by atoms with E-state index in [2.05, 4.69) is 27.8 Å². The van der Waals surface area contributed by atoms with E-state index in [-0.39, 0.29) is 0 Å². The number of thiophene rings is 1. The van der Waals surface area contributed by atoms with Crippen LogP contribution in [0.3, 0.4) is 0 Å². The molecule has 14 heavy (non-hydrogen) atoms. The maximum absolute atomic E-state index is 4.24. The average molecular weight is 207 g/mol. The Morgan fingerprint density at radius 1 is 1.50 bits per heavy atom. The molecule has 0 spiro atoms. The van der Waals surface area contributed by atoms with Gasteiger partial charge in [0, 0.05) is 31.2 Å². The molecule has 0 aliphatic rings. The summed E-state index contributed by atoms with van der Waals surface area (Å²) in [6.45, 7) is 1.76. The summed E-state index contributed by atoms with van der Waals surface area (Å²) in [6, 6.07) is 4.21. The van der Waals surface area contributed by atoms with Crippen LogP contribution in [0.15, 0.2) is 30.0 Å². The lowest BCUT2D eigenvalue weighted by molar-refractivity contribution is 0.688. The lowest BCUT2D eigenvalue weighted by Crippen LogP contribution is -2.11. The zero-order valence-corrected chi connectivity index (χ0v) is 8.92. The van der Waals surface area contributed by atoms with Crippen molar-refractivity contribution in [2.75, 3.05) is 0 Å². The number of hydrogen-bond donors (Lipinski definition) is 1. The minimum absolute atomic E-state index is 0.832. The normalized spacial score (nSPS) is 10.6. The highest BCUT2D eigenvalue weighted by molar-refractivity contribution is 7.09. The van der Waals surface area contributed by atoms with Crippen LogP contribution in [0, 0.1) is 0 Å². The molecule has 0 amide bonds. The molecule has 2 rings (SSSR count). The summed E-state index contributed by atoms with van der Waals surface area (Å²) in [5.41, 5.74) is 1.09. The Kier molecular flexibility index (Phi) is 2.96. The molecule has 4 heteroatoms. The van der Waals surface area contributed by atoms with Crippen molar-refractivity contribution in [3.8, 4) is 0 Å². The molecule has 0 unspecified atom stereocenters. The Balaban J connectivity index is 1.78. The lowest BCUT2D eigenvalue weighted by Gasteiger charge is -1.99. The van der Waals surface area contributed by atoms with E-state index in [4.69, 9.17) is 0 Å². The molecule has 2 aromatic rings. The molecule has 74 valence electrons. The third-order valence-electron chi connectivity index (χ3n) is 1.94. The summed E-state index contributed by atoms with van der Waals surface area (Å²) in [7, 11) is 1.98. The summed E-state index contributed by atoms with van der Waals surface area (Å²) in [5, 5.41) is 5.45. The van der Waals surface area contributed by atoms with Gasteiger partial charge < -0.3 is 9.88 Å². The van der Waals surface area contributed by atoms with Gasteiger partial charge in [0.05, 0.1) is 12.0 Å². The van der Waals surface area contributed by atoms with E-state index in [0.717, 1.165) is 18.8 Å². The van der Waals surface area contributed by atoms with Crippen LogP contribution < -0.4 is 5.32 Å². The van der Waals surface area contributed by atoms with E-state index in [1.165, 1.54) is 4.88 Å². The Bertz CT molecular complexity index is 378. The number of nitrogens with one attached hydrogen (secondary N) is 1. The third kappa shape index (κ3) is 2.43. The summed E-state index contributed by atoms with van der Waals surface area (Å²) in [5.74, 6) is 0.